The monoisotopic (exact) mass is 225 g/mol. The Hall–Kier alpha value is -1.21. The lowest BCUT2D eigenvalue weighted by molar-refractivity contribution is 1.04. The van der Waals surface area contributed by atoms with Crippen LogP contribution < -0.4 is 5.32 Å². The fourth-order valence-corrected chi connectivity index (χ4v) is 2.17. The molecule has 0 unspecified atom stereocenters. The second-order valence-corrected chi connectivity index (χ2v) is 4.33. The van der Waals surface area contributed by atoms with Gasteiger partial charge in [-0.05, 0) is 29.4 Å². The third kappa shape index (κ3) is 2.18. The van der Waals surface area contributed by atoms with E-state index in [4.69, 9.17) is 0 Å². The van der Waals surface area contributed by atoms with E-state index in [9.17, 15) is 0 Å². The van der Waals surface area contributed by atoms with Gasteiger partial charge in [0.05, 0.1) is 0 Å². The molecule has 5 nitrogen and oxygen atoms in total. The molecule has 2 aromatic heterocycles. The van der Waals surface area contributed by atoms with E-state index in [1.807, 2.05) is 6.07 Å². The number of hydrogen-bond donors (Lipinski definition) is 1. The van der Waals surface area contributed by atoms with Crippen LogP contribution in [0.25, 0.3) is 0 Å². The first-order valence-electron chi connectivity index (χ1n) is 3.84. The Labute approximate surface area is 89.2 Å². The van der Waals surface area contributed by atoms with Gasteiger partial charge in [0, 0.05) is 13.2 Å². The molecule has 0 spiro atoms. The van der Waals surface area contributed by atoms with Crippen LogP contribution in [0.3, 0.4) is 0 Å². The van der Waals surface area contributed by atoms with Crippen LogP contribution in [0.1, 0.15) is 0 Å². The molecule has 2 aromatic rings. The van der Waals surface area contributed by atoms with Crippen molar-refractivity contribution in [1.82, 2.24) is 19.3 Å². The van der Waals surface area contributed by atoms with E-state index in [0.717, 1.165) is 9.37 Å². The molecule has 72 valence electrons. The summed E-state index contributed by atoms with van der Waals surface area (Å²) >= 11 is 2.83. The van der Waals surface area contributed by atoms with Crippen molar-refractivity contribution in [1.29, 1.82) is 0 Å². The van der Waals surface area contributed by atoms with Crippen molar-refractivity contribution in [3.63, 3.8) is 0 Å². The van der Waals surface area contributed by atoms with Crippen molar-refractivity contribution in [2.75, 3.05) is 12.4 Å². The summed E-state index contributed by atoms with van der Waals surface area (Å²) in [5, 5.41) is 3.74. The second-order valence-electron chi connectivity index (χ2n) is 2.28. The van der Waals surface area contributed by atoms with Crippen LogP contribution in [-0.4, -0.2) is 26.4 Å². The molecule has 0 amide bonds. The number of nitrogens with one attached hydrogen (secondary N) is 1. The summed E-state index contributed by atoms with van der Waals surface area (Å²) in [4.78, 5) is 12.3. The largest absolute Gasteiger partial charge is 0.357 e. The third-order valence-corrected chi connectivity index (χ3v) is 3.04. The van der Waals surface area contributed by atoms with Crippen LogP contribution in [0.5, 0.6) is 0 Å². The first kappa shape index (κ1) is 9.35. The van der Waals surface area contributed by atoms with Gasteiger partial charge in [-0.3, -0.25) is 0 Å². The Balaban J connectivity index is 2.17. The molecule has 1 N–H and O–H groups in total. The van der Waals surface area contributed by atoms with E-state index < -0.39 is 0 Å². The average Bonchev–Trinajstić information content (AvgIpc) is 2.71. The van der Waals surface area contributed by atoms with E-state index in [0.29, 0.717) is 5.95 Å². The van der Waals surface area contributed by atoms with Gasteiger partial charge in [-0.1, -0.05) is 0 Å². The molecule has 0 fully saturated rings. The number of rotatable bonds is 3. The summed E-state index contributed by atoms with van der Waals surface area (Å²) in [5.41, 5.74) is 0. The summed E-state index contributed by atoms with van der Waals surface area (Å²) in [5.74, 6) is 0.611. The zero-order chi connectivity index (χ0) is 9.80. The zero-order valence-corrected chi connectivity index (χ0v) is 8.97. The summed E-state index contributed by atoms with van der Waals surface area (Å²) < 4.78 is 4.79. The number of nitrogens with zero attached hydrogens (tertiary/aromatic N) is 4. The highest BCUT2D eigenvalue weighted by atomic mass is 32.2. The summed E-state index contributed by atoms with van der Waals surface area (Å²) in [6.45, 7) is 0. The maximum atomic E-state index is 4.25. The van der Waals surface area contributed by atoms with Gasteiger partial charge in [0.25, 0.3) is 0 Å². The normalized spacial score (nSPS) is 10.1. The Morgan fingerprint density at radius 2 is 2.36 bits per heavy atom. The van der Waals surface area contributed by atoms with Crippen molar-refractivity contribution in [2.24, 2.45) is 0 Å². The van der Waals surface area contributed by atoms with E-state index >= 15 is 0 Å². The molecule has 7 heteroatoms. The Bertz CT molecular complexity index is 402. The maximum absolute atomic E-state index is 4.25. The zero-order valence-electron chi connectivity index (χ0n) is 7.34. The van der Waals surface area contributed by atoms with Crippen LogP contribution in [0.15, 0.2) is 28.0 Å². The second kappa shape index (κ2) is 4.34. The third-order valence-electron chi connectivity index (χ3n) is 1.39. The summed E-state index contributed by atoms with van der Waals surface area (Å²) in [6, 6.07) is 1.84. The molecule has 0 aliphatic rings. The van der Waals surface area contributed by atoms with Crippen molar-refractivity contribution in [2.45, 2.75) is 9.37 Å². The molecule has 2 heterocycles. The van der Waals surface area contributed by atoms with Gasteiger partial charge in [0.2, 0.25) is 5.95 Å². The van der Waals surface area contributed by atoms with Gasteiger partial charge in [0.1, 0.15) is 11.4 Å². The van der Waals surface area contributed by atoms with Crippen molar-refractivity contribution in [3.05, 3.63) is 18.6 Å². The fourth-order valence-electron chi connectivity index (χ4n) is 0.817. The van der Waals surface area contributed by atoms with Gasteiger partial charge < -0.3 is 5.32 Å². The lowest BCUT2D eigenvalue weighted by atomic mass is 10.7. The molecule has 0 radical (unpaired) electrons. The van der Waals surface area contributed by atoms with Crippen molar-refractivity contribution < 1.29 is 0 Å². The Kier molecular flexibility index (Phi) is 2.90. The van der Waals surface area contributed by atoms with Gasteiger partial charge in [-0.15, -0.1) is 0 Å². The standard InChI is InChI=1S/C7H7N5S2/c1-8-6-9-3-2-5(12-6)13-7-10-4-11-14-7/h2-4H,1H3,(H,8,9,12). The lowest BCUT2D eigenvalue weighted by Gasteiger charge is -1.99. The first-order valence-corrected chi connectivity index (χ1v) is 5.43. The predicted octanol–water partition coefficient (Wildman–Crippen LogP) is 1.52. The molecule has 0 aromatic carbocycles. The highest BCUT2D eigenvalue weighted by Gasteiger charge is 2.02. The minimum absolute atomic E-state index is 0.611. The average molecular weight is 225 g/mol. The number of anilines is 1. The summed E-state index contributed by atoms with van der Waals surface area (Å²) in [7, 11) is 1.79. The number of aromatic nitrogens is 4. The molecule has 0 aliphatic carbocycles. The van der Waals surface area contributed by atoms with Gasteiger partial charge in [0.15, 0.2) is 4.34 Å². The quantitative estimate of drug-likeness (QED) is 0.799. The smallest absolute Gasteiger partial charge is 0.223 e. The van der Waals surface area contributed by atoms with E-state index in [1.165, 1.54) is 29.6 Å². The fraction of sp³-hybridized carbons (Fsp3) is 0.143. The van der Waals surface area contributed by atoms with Crippen LogP contribution in [0.2, 0.25) is 0 Å². The summed E-state index contributed by atoms with van der Waals surface area (Å²) in [6.07, 6.45) is 3.25. The highest BCUT2D eigenvalue weighted by molar-refractivity contribution is 8.00. The van der Waals surface area contributed by atoms with Crippen LogP contribution in [0.4, 0.5) is 5.95 Å². The molecule has 2 rings (SSSR count). The molecule has 0 bridgehead atoms. The number of hydrogen-bond acceptors (Lipinski definition) is 7. The Morgan fingerprint density at radius 1 is 1.43 bits per heavy atom. The highest BCUT2D eigenvalue weighted by Crippen LogP contribution is 2.26. The van der Waals surface area contributed by atoms with E-state index in [2.05, 4.69) is 24.6 Å². The van der Waals surface area contributed by atoms with Gasteiger partial charge in [-0.25, -0.2) is 15.0 Å². The van der Waals surface area contributed by atoms with Gasteiger partial charge in [-0.2, -0.15) is 4.37 Å². The van der Waals surface area contributed by atoms with Gasteiger partial charge >= 0.3 is 0 Å². The first-order chi connectivity index (χ1) is 6.88. The molecule has 0 atom stereocenters. The molecule has 14 heavy (non-hydrogen) atoms. The minimum atomic E-state index is 0.611. The minimum Gasteiger partial charge on any atom is -0.357 e. The van der Waals surface area contributed by atoms with Crippen molar-refractivity contribution in [3.8, 4) is 0 Å². The lowest BCUT2D eigenvalue weighted by Crippen LogP contribution is -1.95. The SMILES string of the molecule is CNc1nccc(Sc2ncns2)n1. The Morgan fingerprint density at radius 3 is 3.07 bits per heavy atom. The van der Waals surface area contributed by atoms with Crippen LogP contribution >= 0.6 is 23.3 Å². The van der Waals surface area contributed by atoms with Crippen LogP contribution in [0, 0.1) is 0 Å². The molecule has 0 aliphatic heterocycles. The predicted molar refractivity (Wildman–Crippen MR) is 55.6 cm³/mol. The van der Waals surface area contributed by atoms with Crippen molar-refractivity contribution >= 4 is 29.2 Å². The molecular formula is C7H7N5S2. The van der Waals surface area contributed by atoms with E-state index in [1.54, 1.807) is 13.2 Å². The van der Waals surface area contributed by atoms with Crippen LogP contribution in [-0.2, 0) is 0 Å². The molecular weight excluding hydrogens is 218 g/mol. The van der Waals surface area contributed by atoms with E-state index in [-0.39, 0.29) is 0 Å². The topological polar surface area (TPSA) is 63.6 Å². The molecule has 0 saturated carbocycles. The maximum Gasteiger partial charge on any atom is 0.223 e. The molecule has 0 saturated heterocycles.